The van der Waals surface area contributed by atoms with Gasteiger partial charge in [-0.15, -0.1) is 5.10 Å². The van der Waals surface area contributed by atoms with Gasteiger partial charge in [-0.3, -0.25) is 4.79 Å². The molecule has 23 heavy (non-hydrogen) atoms. The summed E-state index contributed by atoms with van der Waals surface area (Å²) in [6, 6.07) is 3.94. The zero-order chi connectivity index (χ0) is 16.2. The van der Waals surface area contributed by atoms with Gasteiger partial charge in [0, 0.05) is 32.4 Å². The van der Waals surface area contributed by atoms with Crippen LogP contribution < -0.4 is 4.90 Å². The normalized spacial score (nSPS) is 15.4. The fourth-order valence-electron chi connectivity index (χ4n) is 2.68. The Morgan fingerprint density at radius 3 is 2.70 bits per heavy atom. The van der Waals surface area contributed by atoms with Crippen molar-refractivity contribution in [1.29, 1.82) is 0 Å². The summed E-state index contributed by atoms with van der Waals surface area (Å²) < 4.78 is 0. The Bertz CT molecular complexity index is 687. The molecular weight excluding hydrogens is 292 g/mol. The highest BCUT2D eigenvalue weighted by atomic mass is 16.2. The van der Waals surface area contributed by atoms with Gasteiger partial charge < -0.3 is 9.80 Å². The van der Waals surface area contributed by atoms with Crippen molar-refractivity contribution in [2.75, 3.05) is 31.1 Å². The molecule has 0 atom stereocenters. The van der Waals surface area contributed by atoms with E-state index in [0.717, 1.165) is 43.3 Å². The molecule has 0 aliphatic carbocycles. The number of anilines is 1. The number of aryl methyl sites for hydroxylation is 2. The van der Waals surface area contributed by atoms with Crippen LogP contribution in [0.4, 0.5) is 5.82 Å². The minimum absolute atomic E-state index is 0.0000553. The first-order valence-electron chi connectivity index (χ1n) is 7.76. The number of carbonyl (C=O) groups is 1. The van der Waals surface area contributed by atoms with Gasteiger partial charge in [0.1, 0.15) is 6.33 Å². The summed E-state index contributed by atoms with van der Waals surface area (Å²) in [5.41, 5.74) is 2.20. The van der Waals surface area contributed by atoms with Crippen molar-refractivity contribution < 1.29 is 4.79 Å². The standard InChI is InChI=1S/C16H20N6O/c1-12-4-5-15(20-19-12)21-6-3-7-22(9-8-21)16(23)14-10-17-11-18-13(14)2/h4-5,10-11H,3,6-9H2,1-2H3. The molecule has 0 saturated carbocycles. The molecule has 2 aromatic heterocycles. The molecule has 1 fully saturated rings. The zero-order valence-electron chi connectivity index (χ0n) is 13.4. The van der Waals surface area contributed by atoms with E-state index >= 15 is 0 Å². The quantitative estimate of drug-likeness (QED) is 0.830. The third-order valence-corrected chi connectivity index (χ3v) is 4.03. The summed E-state index contributed by atoms with van der Waals surface area (Å²) in [6.07, 6.45) is 3.96. The monoisotopic (exact) mass is 312 g/mol. The number of amides is 1. The van der Waals surface area contributed by atoms with Gasteiger partial charge in [-0.1, -0.05) is 0 Å². The molecule has 120 valence electrons. The van der Waals surface area contributed by atoms with E-state index in [4.69, 9.17) is 0 Å². The van der Waals surface area contributed by atoms with Gasteiger partial charge in [0.25, 0.3) is 5.91 Å². The topological polar surface area (TPSA) is 75.1 Å². The average Bonchev–Trinajstić information content (AvgIpc) is 2.81. The van der Waals surface area contributed by atoms with Gasteiger partial charge in [0.2, 0.25) is 0 Å². The molecule has 0 spiro atoms. The lowest BCUT2D eigenvalue weighted by atomic mass is 10.2. The summed E-state index contributed by atoms with van der Waals surface area (Å²) in [5, 5.41) is 8.35. The van der Waals surface area contributed by atoms with Crippen molar-refractivity contribution in [3.8, 4) is 0 Å². The third-order valence-electron chi connectivity index (χ3n) is 4.03. The smallest absolute Gasteiger partial charge is 0.257 e. The van der Waals surface area contributed by atoms with Crippen molar-refractivity contribution in [3.63, 3.8) is 0 Å². The summed E-state index contributed by atoms with van der Waals surface area (Å²) in [4.78, 5) is 24.8. The molecule has 7 heteroatoms. The summed E-state index contributed by atoms with van der Waals surface area (Å²) in [5.74, 6) is 0.865. The van der Waals surface area contributed by atoms with E-state index in [1.165, 1.54) is 6.33 Å². The first kappa shape index (κ1) is 15.3. The van der Waals surface area contributed by atoms with E-state index in [2.05, 4.69) is 25.1 Å². The van der Waals surface area contributed by atoms with Gasteiger partial charge in [-0.2, -0.15) is 5.10 Å². The second-order valence-corrected chi connectivity index (χ2v) is 5.69. The molecule has 0 unspecified atom stereocenters. The zero-order valence-corrected chi connectivity index (χ0v) is 13.4. The van der Waals surface area contributed by atoms with Crippen LogP contribution in [-0.4, -0.2) is 57.2 Å². The van der Waals surface area contributed by atoms with Crippen molar-refractivity contribution >= 4 is 11.7 Å². The predicted octanol–water partition coefficient (Wildman–Crippen LogP) is 1.24. The number of nitrogens with zero attached hydrogens (tertiary/aromatic N) is 6. The van der Waals surface area contributed by atoms with Crippen LogP contribution in [-0.2, 0) is 0 Å². The molecule has 1 aliphatic heterocycles. The maximum Gasteiger partial charge on any atom is 0.257 e. The van der Waals surface area contributed by atoms with Crippen LogP contribution in [0, 0.1) is 13.8 Å². The van der Waals surface area contributed by atoms with Crippen molar-refractivity contribution in [3.05, 3.63) is 41.6 Å². The number of hydrogen-bond acceptors (Lipinski definition) is 6. The van der Waals surface area contributed by atoms with Gasteiger partial charge in [0.05, 0.1) is 17.0 Å². The Morgan fingerprint density at radius 1 is 1.09 bits per heavy atom. The Labute approximate surface area is 135 Å². The lowest BCUT2D eigenvalue weighted by Gasteiger charge is -2.22. The fourth-order valence-corrected chi connectivity index (χ4v) is 2.68. The largest absolute Gasteiger partial charge is 0.353 e. The first-order chi connectivity index (χ1) is 11.1. The van der Waals surface area contributed by atoms with Crippen LogP contribution in [0.5, 0.6) is 0 Å². The third kappa shape index (κ3) is 3.44. The van der Waals surface area contributed by atoms with Gasteiger partial charge in [-0.05, 0) is 32.4 Å². The molecule has 1 saturated heterocycles. The van der Waals surface area contributed by atoms with Crippen LogP contribution in [0.15, 0.2) is 24.7 Å². The molecule has 1 aliphatic rings. The highest BCUT2D eigenvalue weighted by molar-refractivity contribution is 5.94. The maximum absolute atomic E-state index is 12.7. The lowest BCUT2D eigenvalue weighted by Crippen LogP contribution is -2.36. The molecule has 7 nitrogen and oxygen atoms in total. The van der Waals surface area contributed by atoms with Gasteiger partial charge in [0.15, 0.2) is 5.82 Å². The van der Waals surface area contributed by atoms with Crippen LogP contribution in [0.1, 0.15) is 28.2 Å². The van der Waals surface area contributed by atoms with Crippen molar-refractivity contribution in [1.82, 2.24) is 25.1 Å². The van der Waals surface area contributed by atoms with Crippen LogP contribution >= 0.6 is 0 Å². The van der Waals surface area contributed by atoms with E-state index < -0.39 is 0 Å². The van der Waals surface area contributed by atoms with Gasteiger partial charge in [-0.25, -0.2) is 9.97 Å². The Morgan fingerprint density at radius 2 is 1.96 bits per heavy atom. The number of carbonyl (C=O) groups excluding carboxylic acids is 1. The Balaban J connectivity index is 1.70. The minimum atomic E-state index is -0.0000553. The molecule has 0 bridgehead atoms. The Kier molecular flexibility index (Phi) is 4.45. The van der Waals surface area contributed by atoms with E-state index in [9.17, 15) is 4.79 Å². The number of aromatic nitrogens is 4. The van der Waals surface area contributed by atoms with E-state index in [1.807, 2.05) is 30.9 Å². The Hall–Kier alpha value is -2.57. The minimum Gasteiger partial charge on any atom is -0.353 e. The fraction of sp³-hybridized carbons (Fsp3) is 0.438. The molecule has 0 N–H and O–H groups in total. The van der Waals surface area contributed by atoms with Gasteiger partial charge >= 0.3 is 0 Å². The van der Waals surface area contributed by atoms with E-state index in [0.29, 0.717) is 12.1 Å². The van der Waals surface area contributed by atoms with Crippen LogP contribution in [0.3, 0.4) is 0 Å². The van der Waals surface area contributed by atoms with E-state index in [-0.39, 0.29) is 5.91 Å². The highest BCUT2D eigenvalue weighted by Crippen LogP contribution is 2.15. The summed E-state index contributed by atoms with van der Waals surface area (Å²) in [6.45, 7) is 6.75. The predicted molar refractivity (Wildman–Crippen MR) is 86.3 cm³/mol. The van der Waals surface area contributed by atoms with Crippen molar-refractivity contribution in [2.45, 2.75) is 20.3 Å². The van der Waals surface area contributed by atoms with Crippen LogP contribution in [0.25, 0.3) is 0 Å². The molecule has 3 rings (SSSR count). The average molecular weight is 312 g/mol. The maximum atomic E-state index is 12.7. The summed E-state index contributed by atoms with van der Waals surface area (Å²) >= 11 is 0. The highest BCUT2D eigenvalue weighted by Gasteiger charge is 2.22. The molecule has 0 aromatic carbocycles. The molecule has 1 amide bonds. The number of hydrogen-bond donors (Lipinski definition) is 0. The SMILES string of the molecule is Cc1ccc(N2CCCN(C(=O)c3cncnc3C)CC2)nn1. The summed E-state index contributed by atoms with van der Waals surface area (Å²) in [7, 11) is 0. The second-order valence-electron chi connectivity index (χ2n) is 5.69. The molecular formula is C16H20N6O. The van der Waals surface area contributed by atoms with Crippen molar-refractivity contribution in [2.24, 2.45) is 0 Å². The molecule has 3 heterocycles. The second kappa shape index (κ2) is 6.68. The first-order valence-corrected chi connectivity index (χ1v) is 7.76. The molecule has 0 radical (unpaired) electrons. The van der Waals surface area contributed by atoms with Crippen LogP contribution in [0.2, 0.25) is 0 Å². The lowest BCUT2D eigenvalue weighted by molar-refractivity contribution is 0.0765. The number of rotatable bonds is 2. The van der Waals surface area contributed by atoms with E-state index in [1.54, 1.807) is 6.20 Å². The molecule has 2 aromatic rings.